The zero-order valence-electron chi connectivity index (χ0n) is 8.41. The lowest BCUT2D eigenvalue weighted by Gasteiger charge is -2.10. The Morgan fingerprint density at radius 2 is 2.07 bits per heavy atom. The van der Waals surface area contributed by atoms with Crippen LogP contribution in [0.4, 0.5) is 0 Å². The topological polar surface area (TPSA) is 26.0 Å². The summed E-state index contributed by atoms with van der Waals surface area (Å²) in [7, 11) is 0. The first-order chi connectivity index (χ1) is 7.16. The standard InChI is InChI=1S/C12H12BrNS/c1-8-3-2-4-9(7-8)12(14)10-5-6-11(13)15-10/h2-7,12H,14H2,1H3. The van der Waals surface area contributed by atoms with Crippen molar-refractivity contribution < 1.29 is 0 Å². The Morgan fingerprint density at radius 3 is 2.67 bits per heavy atom. The maximum atomic E-state index is 6.19. The molecule has 1 unspecified atom stereocenters. The van der Waals surface area contributed by atoms with Crippen LogP contribution in [0.2, 0.25) is 0 Å². The quantitative estimate of drug-likeness (QED) is 0.889. The van der Waals surface area contributed by atoms with E-state index >= 15 is 0 Å². The molecule has 2 aromatic rings. The molecule has 1 atom stereocenters. The molecule has 1 aromatic heterocycles. The molecule has 0 radical (unpaired) electrons. The molecule has 0 saturated heterocycles. The van der Waals surface area contributed by atoms with Gasteiger partial charge in [-0.1, -0.05) is 29.8 Å². The van der Waals surface area contributed by atoms with Gasteiger partial charge < -0.3 is 5.73 Å². The molecular formula is C12H12BrNS. The van der Waals surface area contributed by atoms with E-state index in [1.807, 2.05) is 12.1 Å². The summed E-state index contributed by atoms with van der Waals surface area (Å²) in [6.07, 6.45) is 0. The summed E-state index contributed by atoms with van der Waals surface area (Å²) in [4.78, 5) is 1.19. The molecule has 0 spiro atoms. The number of halogens is 1. The Kier molecular flexibility index (Phi) is 3.24. The fourth-order valence-corrected chi connectivity index (χ4v) is 2.98. The van der Waals surface area contributed by atoms with Gasteiger partial charge in [0.25, 0.3) is 0 Å². The van der Waals surface area contributed by atoms with E-state index in [2.05, 4.69) is 47.1 Å². The van der Waals surface area contributed by atoms with E-state index in [1.165, 1.54) is 16.0 Å². The molecule has 3 heteroatoms. The Labute approximate surface area is 102 Å². The number of thiophene rings is 1. The maximum absolute atomic E-state index is 6.19. The third-order valence-electron chi connectivity index (χ3n) is 2.30. The molecule has 2 rings (SSSR count). The molecule has 15 heavy (non-hydrogen) atoms. The number of hydrogen-bond acceptors (Lipinski definition) is 2. The molecule has 0 amide bonds. The Morgan fingerprint density at radius 1 is 1.27 bits per heavy atom. The van der Waals surface area contributed by atoms with Gasteiger partial charge in [0.1, 0.15) is 0 Å². The van der Waals surface area contributed by atoms with E-state index in [0.29, 0.717) is 0 Å². The SMILES string of the molecule is Cc1cccc(C(N)c2ccc(Br)s2)c1. The Balaban J connectivity index is 2.32. The fraction of sp³-hybridized carbons (Fsp3) is 0.167. The zero-order chi connectivity index (χ0) is 10.8. The van der Waals surface area contributed by atoms with Gasteiger partial charge in [0, 0.05) is 4.88 Å². The molecule has 0 bridgehead atoms. The average molecular weight is 282 g/mol. The van der Waals surface area contributed by atoms with Crippen LogP contribution in [0.25, 0.3) is 0 Å². The summed E-state index contributed by atoms with van der Waals surface area (Å²) in [5.41, 5.74) is 8.61. The molecule has 0 fully saturated rings. The van der Waals surface area contributed by atoms with Crippen LogP contribution < -0.4 is 5.73 Å². The van der Waals surface area contributed by atoms with Crippen molar-refractivity contribution in [2.75, 3.05) is 0 Å². The summed E-state index contributed by atoms with van der Waals surface area (Å²) < 4.78 is 1.13. The molecule has 2 N–H and O–H groups in total. The van der Waals surface area contributed by atoms with Crippen LogP contribution >= 0.6 is 27.3 Å². The first-order valence-corrected chi connectivity index (χ1v) is 6.35. The van der Waals surface area contributed by atoms with Crippen LogP contribution in [-0.4, -0.2) is 0 Å². The van der Waals surface area contributed by atoms with Gasteiger partial charge in [-0.3, -0.25) is 0 Å². The minimum absolute atomic E-state index is 0.0128. The Hall–Kier alpha value is -0.640. The molecule has 1 aromatic carbocycles. The van der Waals surface area contributed by atoms with E-state index in [9.17, 15) is 0 Å². The van der Waals surface area contributed by atoms with Crippen LogP contribution in [0.3, 0.4) is 0 Å². The van der Waals surface area contributed by atoms with Gasteiger partial charge in [-0.25, -0.2) is 0 Å². The van der Waals surface area contributed by atoms with Crippen molar-refractivity contribution >= 4 is 27.3 Å². The van der Waals surface area contributed by atoms with E-state index in [-0.39, 0.29) is 6.04 Å². The highest BCUT2D eigenvalue weighted by Crippen LogP contribution is 2.29. The number of benzene rings is 1. The molecule has 1 nitrogen and oxygen atoms in total. The third-order valence-corrected chi connectivity index (χ3v) is 4.01. The summed E-state index contributed by atoms with van der Waals surface area (Å²) in [6.45, 7) is 2.08. The third kappa shape index (κ3) is 2.48. The van der Waals surface area contributed by atoms with Crippen LogP contribution in [-0.2, 0) is 0 Å². The van der Waals surface area contributed by atoms with Crippen molar-refractivity contribution in [3.05, 3.63) is 56.2 Å². The van der Waals surface area contributed by atoms with Gasteiger partial charge in [-0.15, -0.1) is 11.3 Å². The monoisotopic (exact) mass is 281 g/mol. The highest BCUT2D eigenvalue weighted by Gasteiger charge is 2.10. The van der Waals surface area contributed by atoms with Crippen molar-refractivity contribution in [1.82, 2.24) is 0 Å². The van der Waals surface area contributed by atoms with Crippen molar-refractivity contribution in [2.24, 2.45) is 5.73 Å². The lowest BCUT2D eigenvalue weighted by molar-refractivity contribution is 0.891. The first kappa shape index (κ1) is 10.9. The van der Waals surface area contributed by atoms with Crippen molar-refractivity contribution in [2.45, 2.75) is 13.0 Å². The second kappa shape index (κ2) is 4.47. The van der Waals surface area contributed by atoms with Crippen LogP contribution in [0.1, 0.15) is 22.0 Å². The smallest absolute Gasteiger partial charge is 0.0702 e. The van der Waals surface area contributed by atoms with Gasteiger partial charge in [0.05, 0.1) is 9.83 Å². The van der Waals surface area contributed by atoms with E-state index < -0.39 is 0 Å². The molecule has 0 aliphatic heterocycles. The highest BCUT2D eigenvalue weighted by molar-refractivity contribution is 9.11. The zero-order valence-corrected chi connectivity index (χ0v) is 10.8. The van der Waals surface area contributed by atoms with Gasteiger partial charge >= 0.3 is 0 Å². The predicted molar refractivity (Wildman–Crippen MR) is 69.2 cm³/mol. The van der Waals surface area contributed by atoms with Crippen LogP contribution in [0, 0.1) is 6.92 Å². The molecule has 0 saturated carbocycles. The summed E-state index contributed by atoms with van der Waals surface area (Å²) in [5.74, 6) is 0. The van der Waals surface area contributed by atoms with E-state index in [0.717, 1.165) is 3.79 Å². The van der Waals surface area contributed by atoms with Gasteiger partial charge in [0.15, 0.2) is 0 Å². The molecule has 0 aliphatic carbocycles. The molecular weight excluding hydrogens is 270 g/mol. The number of aryl methyl sites for hydroxylation is 1. The number of hydrogen-bond donors (Lipinski definition) is 1. The summed E-state index contributed by atoms with van der Waals surface area (Å²) in [5, 5.41) is 0. The Bertz CT molecular complexity index is 464. The minimum atomic E-state index is -0.0128. The maximum Gasteiger partial charge on any atom is 0.0702 e. The normalized spacial score (nSPS) is 12.7. The second-order valence-electron chi connectivity index (χ2n) is 3.53. The lowest BCUT2D eigenvalue weighted by atomic mass is 10.0. The predicted octanol–water partition coefficient (Wildman–Crippen LogP) is 3.87. The largest absolute Gasteiger partial charge is 0.320 e. The fourth-order valence-electron chi connectivity index (χ4n) is 1.52. The lowest BCUT2D eigenvalue weighted by Crippen LogP contribution is -2.09. The summed E-state index contributed by atoms with van der Waals surface area (Å²) in [6, 6.07) is 12.4. The van der Waals surface area contributed by atoms with Crippen LogP contribution in [0.15, 0.2) is 40.2 Å². The first-order valence-electron chi connectivity index (χ1n) is 4.74. The molecule has 1 heterocycles. The van der Waals surface area contributed by atoms with Gasteiger partial charge in [-0.2, -0.15) is 0 Å². The van der Waals surface area contributed by atoms with E-state index in [4.69, 9.17) is 5.73 Å². The minimum Gasteiger partial charge on any atom is -0.320 e. The van der Waals surface area contributed by atoms with Crippen molar-refractivity contribution in [3.63, 3.8) is 0 Å². The van der Waals surface area contributed by atoms with Crippen molar-refractivity contribution in [3.8, 4) is 0 Å². The average Bonchev–Trinajstić information content (AvgIpc) is 2.64. The van der Waals surface area contributed by atoms with Crippen LogP contribution in [0.5, 0.6) is 0 Å². The number of nitrogens with two attached hydrogens (primary N) is 1. The summed E-state index contributed by atoms with van der Waals surface area (Å²) >= 11 is 5.14. The van der Waals surface area contributed by atoms with Gasteiger partial charge in [-0.05, 0) is 40.5 Å². The molecule has 78 valence electrons. The van der Waals surface area contributed by atoms with Crippen molar-refractivity contribution in [1.29, 1.82) is 0 Å². The van der Waals surface area contributed by atoms with Gasteiger partial charge in [0.2, 0.25) is 0 Å². The van der Waals surface area contributed by atoms with E-state index in [1.54, 1.807) is 11.3 Å². The highest BCUT2D eigenvalue weighted by atomic mass is 79.9. The number of rotatable bonds is 2. The molecule has 0 aliphatic rings. The second-order valence-corrected chi connectivity index (χ2v) is 6.03.